The number of hydrogen-bond acceptors (Lipinski definition) is 1. The van der Waals surface area contributed by atoms with Gasteiger partial charge >= 0.3 is 0 Å². The Morgan fingerprint density at radius 1 is 1.31 bits per heavy atom. The maximum absolute atomic E-state index is 5.08. The van der Waals surface area contributed by atoms with Crippen LogP contribution in [0.15, 0.2) is 36.4 Å². The molecule has 0 fully saturated rings. The molecule has 1 nitrogen and oxygen atoms in total. The van der Waals surface area contributed by atoms with E-state index in [0.29, 0.717) is 0 Å². The average molecular weight is 176 g/mol. The second kappa shape index (κ2) is 4.70. The molecular weight excluding hydrogens is 160 g/mol. The lowest BCUT2D eigenvalue weighted by Gasteiger charge is -2.02. The highest BCUT2D eigenvalue weighted by atomic mass is 16.5. The number of allylic oxidation sites excluding steroid dienone is 1. The molecule has 0 saturated carbocycles. The Hall–Kier alpha value is -1.24. The summed E-state index contributed by atoms with van der Waals surface area (Å²) in [7, 11) is 1.68. The first kappa shape index (κ1) is 9.85. The summed E-state index contributed by atoms with van der Waals surface area (Å²) >= 11 is 0. The highest BCUT2D eigenvalue weighted by molar-refractivity contribution is 5.27. The molecule has 0 spiro atoms. The van der Waals surface area contributed by atoms with Crippen LogP contribution in [0.25, 0.3) is 0 Å². The number of hydrogen-bond donors (Lipinski definition) is 0. The molecule has 0 radical (unpaired) electrons. The van der Waals surface area contributed by atoms with Crippen molar-refractivity contribution in [3.8, 4) is 5.75 Å². The van der Waals surface area contributed by atoms with Crippen molar-refractivity contribution in [2.24, 2.45) is 0 Å². The largest absolute Gasteiger partial charge is 0.497 e. The van der Waals surface area contributed by atoms with Gasteiger partial charge in [0.1, 0.15) is 5.75 Å². The Kier molecular flexibility index (Phi) is 3.56. The molecule has 13 heavy (non-hydrogen) atoms. The fraction of sp³-hybridized carbons (Fsp3) is 0.333. The van der Waals surface area contributed by atoms with Crippen LogP contribution in [0, 0.1) is 0 Å². The van der Waals surface area contributed by atoms with Crippen molar-refractivity contribution in [3.63, 3.8) is 0 Å². The van der Waals surface area contributed by atoms with Crippen LogP contribution in [0.4, 0.5) is 0 Å². The standard InChI is InChI=1S/C12H16O/c1-10(2)4-5-11-6-8-12(13-3)9-7-11/h6-9H,1,4-5H2,2-3H3. The lowest BCUT2D eigenvalue weighted by atomic mass is 10.1. The Labute approximate surface area is 80.0 Å². The van der Waals surface area contributed by atoms with E-state index in [-0.39, 0.29) is 0 Å². The number of methoxy groups -OCH3 is 1. The number of aryl methyl sites for hydroxylation is 1. The van der Waals surface area contributed by atoms with Gasteiger partial charge in [0.15, 0.2) is 0 Å². The minimum Gasteiger partial charge on any atom is -0.497 e. The third kappa shape index (κ3) is 3.32. The van der Waals surface area contributed by atoms with Crippen molar-refractivity contribution in [2.45, 2.75) is 19.8 Å². The van der Waals surface area contributed by atoms with Crippen LogP contribution >= 0.6 is 0 Å². The molecule has 1 rings (SSSR count). The highest BCUT2D eigenvalue weighted by Crippen LogP contribution is 2.13. The summed E-state index contributed by atoms with van der Waals surface area (Å²) < 4.78 is 5.08. The zero-order valence-electron chi connectivity index (χ0n) is 8.34. The minimum absolute atomic E-state index is 0.916. The third-order valence-corrected chi connectivity index (χ3v) is 2.00. The topological polar surface area (TPSA) is 9.23 Å². The van der Waals surface area contributed by atoms with Crippen LogP contribution in [0.3, 0.4) is 0 Å². The van der Waals surface area contributed by atoms with Gasteiger partial charge in [0.2, 0.25) is 0 Å². The van der Waals surface area contributed by atoms with Gasteiger partial charge in [-0.15, -0.1) is 6.58 Å². The number of ether oxygens (including phenoxy) is 1. The highest BCUT2D eigenvalue weighted by Gasteiger charge is 1.94. The smallest absolute Gasteiger partial charge is 0.118 e. The Morgan fingerprint density at radius 3 is 2.38 bits per heavy atom. The van der Waals surface area contributed by atoms with Gasteiger partial charge in [-0.25, -0.2) is 0 Å². The normalized spacial score (nSPS) is 9.69. The van der Waals surface area contributed by atoms with Crippen LogP contribution in [0.2, 0.25) is 0 Å². The van der Waals surface area contributed by atoms with Gasteiger partial charge in [-0.1, -0.05) is 17.7 Å². The quantitative estimate of drug-likeness (QED) is 0.640. The molecule has 0 heterocycles. The summed E-state index contributed by atoms with van der Waals surface area (Å²) in [6, 6.07) is 8.19. The maximum atomic E-state index is 5.08. The van der Waals surface area contributed by atoms with Gasteiger partial charge in [0.05, 0.1) is 7.11 Å². The van der Waals surface area contributed by atoms with Crippen molar-refractivity contribution in [2.75, 3.05) is 7.11 Å². The summed E-state index contributed by atoms with van der Waals surface area (Å²) in [5, 5.41) is 0. The fourth-order valence-electron chi connectivity index (χ4n) is 1.15. The molecule has 0 aliphatic rings. The summed E-state index contributed by atoms with van der Waals surface area (Å²) in [6.07, 6.45) is 2.13. The van der Waals surface area contributed by atoms with E-state index in [1.165, 1.54) is 11.1 Å². The summed E-state index contributed by atoms with van der Waals surface area (Å²) in [6.45, 7) is 5.94. The fourth-order valence-corrected chi connectivity index (χ4v) is 1.15. The molecule has 0 atom stereocenters. The molecule has 70 valence electrons. The van der Waals surface area contributed by atoms with Crippen LogP contribution in [0.1, 0.15) is 18.9 Å². The summed E-state index contributed by atoms with van der Waals surface area (Å²) in [5.74, 6) is 0.916. The van der Waals surface area contributed by atoms with Gasteiger partial charge in [-0.2, -0.15) is 0 Å². The molecule has 0 N–H and O–H groups in total. The Morgan fingerprint density at radius 2 is 1.92 bits per heavy atom. The second-order valence-electron chi connectivity index (χ2n) is 3.31. The number of benzene rings is 1. The van der Waals surface area contributed by atoms with Crippen LogP contribution in [-0.4, -0.2) is 7.11 Å². The summed E-state index contributed by atoms with van der Waals surface area (Å²) in [4.78, 5) is 0. The maximum Gasteiger partial charge on any atom is 0.118 e. The van der Waals surface area contributed by atoms with Gasteiger partial charge in [-0.3, -0.25) is 0 Å². The average Bonchev–Trinajstić information content (AvgIpc) is 2.15. The van der Waals surface area contributed by atoms with Gasteiger partial charge < -0.3 is 4.74 Å². The molecule has 0 bridgehead atoms. The van der Waals surface area contributed by atoms with E-state index in [1.807, 2.05) is 12.1 Å². The molecule has 1 aromatic carbocycles. The predicted molar refractivity (Wildman–Crippen MR) is 56.1 cm³/mol. The Bertz CT molecular complexity index is 272. The first-order valence-corrected chi connectivity index (χ1v) is 4.49. The monoisotopic (exact) mass is 176 g/mol. The van der Waals surface area contributed by atoms with E-state index in [1.54, 1.807) is 7.11 Å². The lowest BCUT2D eigenvalue weighted by molar-refractivity contribution is 0.414. The molecule has 0 aliphatic carbocycles. The van der Waals surface area contributed by atoms with Gasteiger partial charge in [0, 0.05) is 0 Å². The van der Waals surface area contributed by atoms with E-state index in [9.17, 15) is 0 Å². The van der Waals surface area contributed by atoms with E-state index in [4.69, 9.17) is 4.74 Å². The first-order valence-electron chi connectivity index (χ1n) is 4.49. The second-order valence-corrected chi connectivity index (χ2v) is 3.31. The molecule has 1 aromatic rings. The molecule has 0 unspecified atom stereocenters. The SMILES string of the molecule is C=C(C)CCc1ccc(OC)cc1. The molecule has 0 aliphatic heterocycles. The van der Waals surface area contributed by atoms with E-state index in [0.717, 1.165) is 18.6 Å². The molecule has 1 heteroatoms. The van der Waals surface area contributed by atoms with E-state index >= 15 is 0 Å². The van der Waals surface area contributed by atoms with Crippen molar-refractivity contribution in [1.82, 2.24) is 0 Å². The Balaban J connectivity index is 2.54. The van der Waals surface area contributed by atoms with Crippen LogP contribution in [0.5, 0.6) is 5.75 Å². The van der Waals surface area contributed by atoms with Crippen LogP contribution < -0.4 is 4.74 Å². The molecular formula is C12H16O. The van der Waals surface area contributed by atoms with Crippen molar-refractivity contribution < 1.29 is 4.74 Å². The number of rotatable bonds is 4. The molecule has 0 saturated heterocycles. The first-order chi connectivity index (χ1) is 6.22. The lowest BCUT2D eigenvalue weighted by Crippen LogP contribution is -1.87. The molecule has 0 aromatic heterocycles. The zero-order valence-corrected chi connectivity index (χ0v) is 8.34. The minimum atomic E-state index is 0.916. The van der Waals surface area contributed by atoms with Crippen molar-refractivity contribution in [1.29, 1.82) is 0 Å². The third-order valence-electron chi connectivity index (χ3n) is 2.00. The van der Waals surface area contributed by atoms with Crippen molar-refractivity contribution in [3.05, 3.63) is 42.0 Å². The van der Waals surface area contributed by atoms with Gasteiger partial charge in [0.25, 0.3) is 0 Å². The zero-order chi connectivity index (χ0) is 9.68. The summed E-state index contributed by atoms with van der Waals surface area (Å²) in [5.41, 5.74) is 2.57. The molecule has 0 amide bonds. The van der Waals surface area contributed by atoms with E-state index < -0.39 is 0 Å². The van der Waals surface area contributed by atoms with Crippen LogP contribution in [-0.2, 0) is 6.42 Å². The van der Waals surface area contributed by atoms with E-state index in [2.05, 4.69) is 25.6 Å². The van der Waals surface area contributed by atoms with Crippen molar-refractivity contribution >= 4 is 0 Å². The predicted octanol–water partition coefficient (Wildman–Crippen LogP) is 3.20. The van der Waals surface area contributed by atoms with Gasteiger partial charge in [-0.05, 0) is 37.5 Å².